The van der Waals surface area contributed by atoms with Crippen molar-refractivity contribution in [3.8, 4) is 5.75 Å². The van der Waals surface area contributed by atoms with Crippen LogP contribution in [0.15, 0.2) is 29.3 Å². The predicted molar refractivity (Wildman–Crippen MR) is 91.3 cm³/mol. The van der Waals surface area contributed by atoms with Gasteiger partial charge in [-0.25, -0.2) is 4.99 Å². The number of piperidine rings is 1. The average Bonchev–Trinajstić information content (AvgIpc) is 2.58. The van der Waals surface area contributed by atoms with E-state index in [1.807, 2.05) is 24.3 Å². The third-order valence-electron chi connectivity index (χ3n) is 4.01. The lowest BCUT2D eigenvalue weighted by atomic mass is 10.0. The number of nitrogens with one attached hydrogen (secondary N) is 1. The molecule has 1 amide bonds. The first-order chi connectivity index (χ1) is 11.1. The van der Waals surface area contributed by atoms with E-state index in [9.17, 15) is 4.79 Å². The molecule has 1 unspecified atom stereocenters. The van der Waals surface area contributed by atoms with E-state index < -0.39 is 0 Å². The molecule has 1 fully saturated rings. The van der Waals surface area contributed by atoms with Gasteiger partial charge in [0.05, 0.1) is 7.11 Å². The SMILES string of the molecule is COc1ccc(CNC(=O)CN=C(N)N2CCCC(C)C2)cc1. The van der Waals surface area contributed by atoms with Crippen molar-refractivity contribution in [2.45, 2.75) is 26.3 Å². The van der Waals surface area contributed by atoms with Gasteiger partial charge < -0.3 is 20.7 Å². The number of hydrogen-bond donors (Lipinski definition) is 2. The molecule has 0 radical (unpaired) electrons. The number of aliphatic imine (C=N–C) groups is 1. The zero-order chi connectivity index (χ0) is 16.7. The van der Waals surface area contributed by atoms with Crippen molar-refractivity contribution < 1.29 is 9.53 Å². The Kier molecular flexibility index (Phi) is 6.26. The highest BCUT2D eigenvalue weighted by Crippen LogP contribution is 2.14. The van der Waals surface area contributed by atoms with Crippen molar-refractivity contribution in [1.82, 2.24) is 10.2 Å². The fraction of sp³-hybridized carbons (Fsp3) is 0.529. The molecule has 1 aromatic carbocycles. The second-order valence-electron chi connectivity index (χ2n) is 5.99. The van der Waals surface area contributed by atoms with Crippen molar-refractivity contribution >= 4 is 11.9 Å². The largest absolute Gasteiger partial charge is 0.497 e. The maximum Gasteiger partial charge on any atom is 0.242 e. The van der Waals surface area contributed by atoms with Crippen LogP contribution in [0.3, 0.4) is 0 Å². The summed E-state index contributed by atoms with van der Waals surface area (Å²) in [6, 6.07) is 7.59. The van der Waals surface area contributed by atoms with Crippen molar-refractivity contribution in [2.75, 3.05) is 26.7 Å². The van der Waals surface area contributed by atoms with Gasteiger partial charge in [-0.2, -0.15) is 0 Å². The molecule has 1 heterocycles. The van der Waals surface area contributed by atoms with Crippen LogP contribution in [-0.2, 0) is 11.3 Å². The summed E-state index contributed by atoms with van der Waals surface area (Å²) in [7, 11) is 1.63. The van der Waals surface area contributed by atoms with Gasteiger partial charge in [0.15, 0.2) is 5.96 Å². The molecule has 1 aliphatic rings. The summed E-state index contributed by atoms with van der Waals surface area (Å²) in [6.07, 6.45) is 2.35. The Balaban J connectivity index is 1.76. The van der Waals surface area contributed by atoms with Gasteiger partial charge in [-0.05, 0) is 36.5 Å². The van der Waals surface area contributed by atoms with Crippen molar-refractivity contribution in [3.05, 3.63) is 29.8 Å². The van der Waals surface area contributed by atoms with Gasteiger partial charge in [-0.15, -0.1) is 0 Å². The van der Waals surface area contributed by atoms with Crippen LogP contribution in [0.1, 0.15) is 25.3 Å². The molecule has 6 nitrogen and oxygen atoms in total. The van der Waals surface area contributed by atoms with Gasteiger partial charge in [0, 0.05) is 19.6 Å². The first-order valence-corrected chi connectivity index (χ1v) is 8.03. The van der Waals surface area contributed by atoms with Crippen LogP contribution in [0.2, 0.25) is 0 Å². The molecule has 0 aromatic heterocycles. The molecule has 1 saturated heterocycles. The monoisotopic (exact) mass is 318 g/mol. The number of nitrogens with two attached hydrogens (primary N) is 1. The van der Waals surface area contributed by atoms with Crippen LogP contribution in [-0.4, -0.2) is 43.5 Å². The molecular weight excluding hydrogens is 292 g/mol. The molecule has 0 aliphatic carbocycles. The van der Waals surface area contributed by atoms with E-state index >= 15 is 0 Å². The first-order valence-electron chi connectivity index (χ1n) is 8.03. The molecule has 2 rings (SSSR count). The third kappa shape index (κ3) is 5.47. The number of carbonyl (C=O) groups excluding carboxylic acids is 1. The fourth-order valence-corrected chi connectivity index (χ4v) is 2.65. The van der Waals surface area contributed by atoms with Crippen LogP contribution in [0, 0.1) is 5.92 Å². The van der Waals surface area contributed by atoms with Crippen molar-refractivity contribution in [3.63, 3.8) is 0 Å². The van der Waals surface area contributed by atoms with Crippen LogP contribution in [0.5, 0.6) is 5.75 Å². The van der Waals surface area contributed by atoms with E-state index in [-0.39, 0.29) is 12.5 Å². The van der Waals surface area contributed by atoms with E-state index in [0.717, 1.165) is 30.8 Å². The van der Waals surface area contributed by atoms with E-state index in [1.54, 1.807) is 7.11 Å². The quantitative estimate of drug-likeness (QED) is 0.634. The van der Waals surface area contributed by atoms with E-state index in [1.165, 1.54) is 6.42 Å². The molecule has 23 heavy (non-hydrogen) atoms. The highest BCUT2D eigenvalue weighted by Gasteiger charge is 2.17. The van der Waals surface area contributed by atoms with Gasteiger partial charge in [0.25, 0.3) is 0 Å². The zero-order valence-corrected chi connectivity index (χ0v) is 13.9. The summed E-state index contributed by atoms with van der Waals surface area (Å²) in [6.45, 7) is 4.59. The normalized spacial score (nSPS) is 18.6. The van der Waals surface area contributed by atoms with Gasteiger partial charge in [-0.1, -0.05) is 19.1 Å². The predicted octanol–water partition coefficient (Wildman–Crippen LogP) is 1.36. The molecule has 3 N–H and O–H groups in total. The number of methoxy groups -OCH3 is 1. The Morgan fingerprint density at radius 1 is 1.43 bits per heavy atom. The third-order valence-corrected chi connectivity index (χ3v) is 4.01. The Morgan fingerprint density at radius 2 is 2.17 bits per heavy atom. The van der Waals surface area contributed by atoms with Gasteiger partial charge >= 0.3 is 0 Å². The first kappa shape index (κ1) is 17.1. The highest BCUT2D eigenvalue weighted by atomic mass is 16.5. The molecule has 0 bridgehead atoms. The lowest BCUT2D eigenvalue weighted by molar-refractivity contribution is -0.119. The van der Waals surface area contributed by atoms with Crippen LogP contribution in [0.4, 0.5) is 0 Å². The number of hydrogen-bond acceptors (Lipinski definition) is 3. The summed E-state index contributed by atoms with van der Waals surface area (Å²) in [5.41, 5.74) is 6.99. The van der Waals surface area contributed by atoms with Crippen molar-refractivity contribution in [1.29, 1.82) is 0 Å². The van der Waals surface area contributed by atoms with E-state index in [0.29, 0.717) is 18.4 Å². The number of guanidine groups is 1. The number of carbonyl (C=O) groups is 1. The number of likely N-dealkylation sites (tertiary alicyclic amines) is 1. The molecular formula is C17H26N4O2. The smallest absolute Gasteiger partial charge is 0.242 e. The van der Waals surface area contributed by atoms with E-state index in [4.69, 9.17) is 10.5 Å². The molecule has 6 heteroatoms. The second-order valence-corrected chi connectivity index (χ2v) is 5.99. The number of ether oxygens (including phenoxy) is 1. The summed E-state index contributed by atoms with van der Waals surface area (Å²) < 4.78 is 5.10. The minimum Gasteiger partial charge on any atom is -0.497 e. The summed E-state index contributed by atoms with van der Waals surface area (Å²) in [4.78, 5) is 18.1. The van der Waals surface area contributed by atoms with Gasteiger partial charge in [0.2, 0.25) is 5.91 Å². The molecule has 0 saturated carbocycles. The second kappa shape index (κ2) is 8.41. The van der Waals surface area contributed by atoms with Crippen LogP contribution < -0.4 is 15.8 Å². The molecule has 0 spiro atoms. The maximum atomic E-state index is 11.9. The summed E-state index contributed by atoms with van der Waals surface area (Å²) >= 11 is 0. The van der Waals surface area contributed by atoms with Gasteiger partial charge in [0.1, 0.15) is 12.3 Å². The standard InChI is InChI=1S/C17H26N4O2/c1-13-4-3-9-21(12-13)17(18)20-11-16(22)19-10-14-5-7-15(23-2)8-6-14/h5-8,13H,3-4,9-12H2,1-2H3,(H2,18,20)(H,19,22). The minimum absolute atomic E-state index is 0.0624. The fourth-order valence-electron chi connectivity index (χ4n) is 2.65. The minimum atomic E-state index is -0.131. The number of amides is 1. The van der Waals surface area contributed by atoms with Gasteiger partial charge in [-0.3, -0.25) is 4.79 Å². The van der Waals surface area contributed by atoms with E-state index in [2.05, 4.69) is 22.1 Å². The molecule has 126 valence electrons. The topological polar surface area (TPSA) is 79.9 Å². The summed E-state index contributed by atoms with van der Waals surface area (Å²) in [5.74, 6) is 1.76. The molecule has 1 atom stereocenters. The number of nitrogens with zero attached hydrogens (tertiary/aromatic N) is 2. The average molecular weight is 318 g/mol. The Labute approximate surface area is 137 Å². The molecule has 1 aromatic rings. The zero-order valence-electron chi connectivity index (χ0n) is 13.9. The Bertz CT molecular complexity index is 542. The van der Waals surface area contributed by atoms with Crippen LogP contribution >= 0.6 is 0 Å². The highest BCUT2D eigenvalue weighted by molar-refractivity contribution is 5.84. The number of rotatable bonds is 5. The lowest BCUT2D eigenvalue weighted by Crippen LogP contribution is -2.44. The molecule has 1 aliphatic heterocycles. The summed E-state index contributed by atoms with van der Waals surface area (Å²) in [5, 5.41) is 2.84. The van der Waals surface area contributed by atoms with Crippen LogP contribution in [0.25, 0.3) is 0 Å². The Hall–Kier alpha value is -2.24. The maximum absolute atomic E-state index is 11.9. The Morgan fingerprint density at radius 3 is 2.83 bits per heavy atom. The lowest BCUT2D eigenvalue weighted by Gasteiger charge is -2.31. The van der Waals surface area contributed by atoms with Crippen molar-refractivity contribution in [2.24, 2.45) is 16.6 Å². The number of benzene rings is 1.